The molecule has 194 valence electrons. The average molecular weight is 524 g/mol. The van der Waals surface area contributed by atoms with Crippen molar-refractivity contribution in [1.29, 1.82) is 0 Å². The lowest BCUT2D eigenvalue weighted by Gasteiger charge is -2.31. The van der Waals surface area contributed by atoms with Crippen LogP contribution in [0.2, 0.25) is 0 Å². The van der Waals surface area contributed by atoms with Crippen LogP contribution in [-0.2, 0) is 5.41 Å². The molecule has 7 aromatic carbocycles. The van der Waals surface area contributed by atoms with Gasteiger partial charge >= 0.3 is 0 Å². The Hall–Kier alpha value is -5.14. The van der Waals surface area contributed by atoms with E-state index >= 15 is 0 Å². The van der Waals surface area contributed by atoms with E-state index in [1.807, 2.05) is 0 Å². The predicted octanol–water partition coefficient (Wildman–Crippen LogP) is 10.8. The Balaban J connectivity index is 1.46. The lowest BCUT2D eigenvalue weighted by Crippen LogP contribution is -2.22. The summed E-state index contributed by atoms with van der Waals surface area (Å²) in [4.78, 5) is 2.47. The van der Waals surface area contributed by atoms with Crippen LogP contribution in [0.25, 0.3) is 32.7 Å². The van der Waals surface area contributed by atoms with Crippen molar-refractivity contribution in [3.63, 3.8) is 0 Å². The Labute approximate surface area is 241 Å². The molecule has 0 saturated carbocycles. The van der Waals surface area contributed by atoms with Gasteiger partial charge < -0.3 is 4.90 Å². The van der Waals surface area contributed by atoms with Crippen molar-refractivity contribution in [2.24, 2.45) is 0 Å². The van der Waals surface area contributed by atoms with Crippen molar-refractivity contribution >= 4 is 38.6 Å². The molecular formula is C40H29N. The fraction of sp³-hybridized carbons (Fsp3) is 0.0500. The minimum absolute atomic E-state index is 0.253. The molecule has 0 fully saturated rings. The third-order valence-corrected chi connectivity index (χ3v) is 8.91. The van der Waals surface area contributed by atoms with E-state index in [1.165, 1.54) is 60.7 Å². The number of rotatable bonds is 4. The smallest absolute Gasteiger partial charge is 0.0543 e. The summed E-state index contributed by atoms with van der Waals surface area (Å²) in [6.45, 7) is 2.38. The highest BCUT2D eigenvalue weighted by molar-refractivity contribution is 6.04. The fourth-order valence-corrected chi connectivity index (χ4v) is 6.92. The lowest BCUT2D eigenvalue weighted by molar-refractivity contribution is 0.714. The number of hydrogen-bond acceptors (Lipinski definition) is 1. The number of nitrogens with zero attached hydrogens (tertiary/aromatic N) is 1. The molecular weight excluding hydrogens is 494 g/mol. The Morgan fingerprint density at radius 1 is 0.463 bits per heavy atom. The normalized spacial score (nSPS) is 15.5. The lowest BCUT2D eigenvalue weighted by atomic mass is 9.74. The zero-order chi connectivity index (χ0) is 27.4. The third kappa shape index (κ3) is 3.56. The van der Waals surface area contributed by atoms with Gasteiger partial charge in [0.2, 0.25) is 0 Å². The molecule has 0 N–H and O–H groups in total. The summed E-state index contributed by atoms with van der Waals surface area (Å²) in [5.74, 6) is 0. The zero-order valence-electron chi connectivity index (χ0n) is 23.0. The molecule has 1 aliphatic carbocycles. The largest absolute Gasteiger partial charge is 0.309 e. The van der Waals surface area contributed by atoms with Gasteiger partial charge in [-0.3, -0.25) is 0 Å². The molecule has 0 radical (unpaired) electrons. The molecule has 1 aliphatic rings. The fourth-order valence-electron chi connectivity index (χ4n) is 6.92. The first-order valence-corrected chi connectivity index (χ1v) is 14.3. The van der Waals surface area contributed by atoms with Gasteiger partial charge in [-0.1, -0.05) is 133 Å². The average Bonchev–Trinajstić information content (AvgIpc) is 3.31. The van der Waals surface area contributed by atoms with E-state index in [0.717, 1.165) is 5.69 Å². The van der Waals surface area contributed by atoms with Gasteiger partial charge in [0.15, 0.2) is 0 Å². The van der Waals surface area contributed by atoms with Gasteiger partial charge in [-0.2, -0.15) is 0 Å². The minimum Gasteiger partial charge on any atom is -0.309 e. The van der Waals surface area contributed by atoms with Gasteiger partial charge in [0.1, 0.15) is 0 Å². The summed E-state index contributed by atoms with van der Waals surface area (Å²) < 4.78 is 0. The van der Waals surface area contributed by atoms with Crippen molar-refractivity contribution in [1.82, 2.24) is 0 Å². The standard InChI is InChI=1S/C40H29N/c1-40(31-17-3-2-4-18-31)35-21-10-9-20-34(35)39-36(40)22-12-24-38(39)41(32-26-25-28-13-5-6-15-30(28)27-32)37-23-11-16-29-14-7-8-19-33(29)37/h2-27H,1H3. The highest BCUT2D eigenvalue weighted by Gasteiger charge is 2.42. The van der Waals surface area contributed by atoms with Crippen LogP contribution in [0.15, 0.2) is 158 Å². The molecule has 0 amide bonds. The van der Waals surface area contributed by atoms with Gasteiger partial charge in [-0.25, -0.2) is 0 Å². The highest BCUT2D eigenvalue weighted by atomic mass is 15.1. The SMILES string of the molecule is CC1(c2ccccc2)c2ccccc2-c2c(N(c3ccc4ccccc4c3)c3cccc4ccccc34)cccc21. The molecule has 7 aromatic rings. The molecule has 0 spiro atoms. The monoisotopic (exact) mass is 523 g/mol. The molecule has 0 aliphatic heterocycles. The first kappa shape index (κ1) is 23.7. The summed E-state index contributed by atoms with van der Waals surface area (Å²) in [6.07, 6.45) is 0. The molecule has 1 atom stereocenters. The van der Waals surface area contributed by atoms with E-state index in [1.54, 1.807) is 0 Å². The first-order valence-electron chi connectivity index (χ1n) is 14.3. The molecule has 0 bridgehead atoms. The second-order valence-electron chi connectivity index (χ2n) is 11.1. The molecule has 1 nitrogen and oxygen atoms in total. The molecule has 1 heteroatoms. The summed E-state index contributed by atoms with van der Waals surface area (Å²) in [6, 6.07) is 57.6. The summed E-state index contributed by atoms with van der Waals surface area (Å²) in [7, 11) is 0. The molecule has 8 rings (SSSR count). The second-order valence-corrected chi connectivity index (χ2v) is 11.1. The minimum atomic E-state index is -0.253. The van der Waals surface area contributed by atoms with Gasteiger partial charge in [-0.15, -0.1) is 0 Å². The molecule has 0 saturated heterocycles. The van der Waals surface area contributed by atoms with Crippen LogP contribution in [0.1, 0.15) is 23.6 Å². The second kappa shape index (κ2) is 9.21. The van der Waals surface area contributed by atoms with Crippen LogP contribution in [0.4, 0.5) is 17.1 Å². The maximum atomic E-state index is 2.47. The molecule has 0 aromatic heterocycles. The van der Waals surface area contributed by atoms with Gasteiger partial charge in [0.05, 0.1) is 11.4 Å². The molecule has 0 heterocycles. The van der Waals surface area contributed by atoms with Crippen molar-refractivity contribution in [2.45, 2.75) is 12.3 Å². The van der Waals surface area contributed by atoms with E-state index in [4.69, 9.17) is 0 Å². The van der Waals surface area contributed by atoms with Gasteiger partial charge in [0, 0.05) is 22.1 Å². The van der Waals surface area contributed by atoms with E-state index < -0.39 is 0 Å². The Morgan fingerprint density at radius 3 is 1.98 bits per heavy atom. The Bertz CT molecular complexity index is 2070. The number of anilines is 3. The Kier molecular flexibility index (Phi) is 5.33. The summed E-state index contributed by atoms with van der Waals surface area (Å²) in [5, 5.41) is 4.95. The van der Waals surface area contributed by atoms with Crippen molar-refractivity contribution in [3.05, 3.63) is 174 Å². The van der Waals surface area contributed by atoms with Crippen LogP contribution in [0, 0.1) is 0 Å². The van der Waals surface area contributed by atoms with Crippen LogP contribution in [0.3, 0.4) is 0 Å². The maximum Gasteiger partial charge on any atom is 0.0543 e. The van der Waals surface area contributed by atoms with Crippen LogP contribution in [0.5, 0.6) is 0 Å². The first-order chi connectivity index (χ1) is 20.2. The molecule has 41 heavy (non-hydrogen) atoms. The Morgan fingerprint density at radius 2 is 1.10 bits per heavy atom. The third-order valence-electron chi connectivity index (χ3n) is 8.91. The van der Waals surface area contributed by atoms with Crippen LogP contribution < -0.4 is 4.90 Å². The van der Waals surface area contributed by atoms with Crippen molar-refractivity contribution in [2.75, 3.05) is 4.90 Å². The topological polar surface area (TPSA) is 3.24 Å². The van der Waals surface area contributed by atoms with E-state index in [9.17, 15) is 0 Å². The highest BCUT2D eigenvalue weighted by Crippen LogP contribution is 2.57. The van der Waals surface area contributed by atoms with Gasteiger partial charge in [0.25, 0.3) is 0 Å². The zero-order valence-corrected chi connectivity index (χ0v) is 23.0. The quantitative estimate of drug-likeness (QED) is 0.222. The summed E-state index contributed by atoms with van der Waals surface area (Å²) >= 11 is 0. The van der Waals surface area contributed by atoms with E-state index in [2.05, 4.69) is 170 Å². The van der Waals surface area contributed by atoms with E-state index in [0.29, 0.717) is 0 Å². The number of benzene rings is 7. The van der Waals surface area contributed by atoms with Crippen LogP contribution in [-0.4, -0.2) is 0 Å². The van der Waals surface area contributed by atoms with Gasteiger partial charge in [-0.05, 0) is 69.6 Å². The predicted molar refractivity (Wildman–Crippen MR) is 174 cm³/mol. The summed E-state index contributed by atoms with van der Waals surface area (Å²) in [5.41, 5.74) is 9.88. The number of hydrogen-bond donors (Lipinski definition) is 0. The van der Waals surface area contributed by atoms with E-state index in [-0.39, 0.29) is 5.41 Å². The van der Waals surface area contributed by atoms with Crippen molar-refractivity contribution in [3.8, 4) is 11.1 Å². The van der Waals surface area contributed by atoms with Crippen molar-refractivity contribution < 1.29 is 0 Å². The van der Waals surface area contributed by atoms with Crippen LogP contribution >= 0.6 is 0 Å². The molecule has 1 unspecified atom stereocenters. The maximum absolute atomic E-state index is 2.47. The number of fused-ring (bicyclic) bond motifs is 5.